The third-order valence-corrected chi connectivity index (χ3v) is 17.6. The Kier molecular flexibility index (Phi) is 61.3. The van der Waals surface area contributed by atoms with Crippen LogP contribution in [-0.4, -0.2) is 140 Å². The van der Waals surface area contributed by atoms with Gasteiger partial charge in [0.15, 0.2) is 12.6 Å². The first-order valence-corrected chi connectivity index (χ1v) is 39.0. The van der Waals surface area contributed by atoms with Crippen molar-refractivity contribution >= 4 is 5.91 Å². The van der Waals surface area contributed by atoms with Crippen LogP contribution in [0.15, 0.2) is 182 Å². The molecule has 0 saturated carbocycles. The van der Waals surface area contributed by atoms with E-state index in [1.807, 2.05) is 6.08 Å². The summed E-state index contributed by atoms with van der Waals surface area (Å²) in [5.74, 6) is -0.284. The van der Waals surface area contributed by atoms with Gasteiger partial charge in [-0.25, -0.2) is 0 Å². The molecule has 566 valence electrons. The van der Waals surface area contributed by atoms with E-state index in [2.05, 4.69) is 189 Å². The van der Waals surface area contributed by atoms with E-state index in [-0.39, 0.29) is 18.9 Å². The SMILES string of the molecule is CC/C=C\C/C=C\C/C=C\C/C=C\C/C=C\C/C=C\C/C=C\C/C=C\C/C=C\C/C=C\C/C=C\C/C=C\CCCCCCC(=O)NC(COC1OC(CO)C(OC2OC(CO)C(O)C(O)C2O)C(O)C1O)C(O)/C=C/CC/C=C/CC/C=C/CCCCCCCCCCCCCCCCC. The molecular formula is C86H139NO13. The number of ether oxygens (including phenoxy) is 4. The number of hydrogen-bond donors (Lipinski definition) is 9. The molecule has 9 N–H and O–H groups in total. The van der Waals surface area contributed by atoms with Crippen molar-refractivity contribution in [2.24, 2.45) is 0 Å². The Balaban J connectivity index is 1.68. The molecule has 0 spiro atoms. The van der Waals surface area contributed by atoms with Gasteiger partial charge in [-0.2, -0.15) is 0 Å². The van der Waals surface area contributed by atoms with Crippen LogP contribution in [0.5, 0.6) is 0 Å². The van der Waals surface area contributed by atoms with Gasteiger partial charge in [0, 0.05) is 6.42 Å². The van der Waals surface area contributed by atoms with E-state index in [1.165, 1.54) is 96.3 Å². The number of aliphatic hydroxyl groups is 8. The number of allylic oxidation sites excluding steroid dienone is 29. The van der Waals surface area contributed by atoms with Crippen molar-refractivity contribution in [3.05, 3.63) is 182 Å². The maximum Gasteiger partial charge on any atom is 0.220 e. The molecule has 0 radical (unpaired) electrons. The Morgan fingerprint density at radius 3 is 1.10 bits per heavy atom. The zero-order valence-corrected chi connectivity index (χ0v) is 61.9. The molecule has 0 aromatic rings. The molecule has 14 heteroatoms. The Bertz CT molecular complexity index is 2390. The third-order valence-electron chi connectivity index (χ3n) is 17.6. The Morgan fingerprint density at radius 1 is 0.370 bits per heavy atom. The molecule has 0 aliphatic carbocycles. The van der Waals surface area contributed by atoms with Gasteiger partial charge in [-0.3, -0.25) is 4.79 Å². The van der Waals surface area contributed by atoms with Gasteiger partial charge in [0.1, 0.15) is 48.8 Å². The highest BCUT2D eigenvalue weighted by Crippen LogP contribution is 2.30. The highest BCUT2D eigenvalue weighted by atomic mass is 16.7. The zero-order chi connectivity index (χ0) is 72.2. The maximum atomic E-state index is 13.4. The van der Waals surface area contributed by atoms with Gasteiger partial charge >= 0.3 is 0 Å². The van der Waals surface area contributed by atoms with Crippen molar-refractivity contribution in [1.82, 2.24) is 5.32 Å². The van der Waals surface area contributed by atoms with E-state index >= 15 is 0 Å². The predicted octanol–water partition coefficient (Wildman–Crippen LogP) is 17.7. The molecule has 14 nitrogen and oxygen atoms in total. The lowest BCUT2D eigenvalue weighted by molar-refractivity contribution is -0.359. The number of aliphatic hydroxyl groups excluding tert-OH is 8. The van der Waals surface area contributed by atoms with Crippen LogP contribution in [0, 0.1) is 0 Å². The lowest BCUT2D eigenvalue weighted by Gasteiger charge is -2.46. The molecule has 2 heterocycles. The monoisotopic (exact) mass is 1390 g/mol. The summed E-state index contributed by atoms with van der Waals surface area (Å²) >= 11 is 0. The summed E-state index contributed by atoms with van der Waals surface area (Å²) in [6, 6.07) is -0.968. The second kappa shape index (κ2) is 67.3. The van der Waals surface area contributed by atoms with Crippen molar-refractivity contribution in [3.8, 4) is 0 Å². The Labute approximate surface area is 606 Å². The highest BCUT2D eigenvalue weighted by molar-refractivity contribution is 5.76. The maximum absolute atomic E-state index is 13.4. The summed E-state index contributed by atoms with van der Waals surface area (Å²) in [5.41, 5.74) is 0. The third kappa shape index (κ3) is 49.7. The fraction of sp³-hybridized carbons (Fsp3) is 0.640. The number of carbonyl (C=O) groups is 1. The molecule has 2 rings (SSSR count). The van der Waals surface area contributed by atoms with Crippen LogP contribution in [0.25, 0.3) is 0 Å². The highest BCUT2D eigenvalue weighted by Gasteiger charge is 2.51. The summed E-state index contributed by atoms with van der Waals surface area (Å²) in [5, 5.41) is 87.5. The molecule has 12 atom stereocenters. The minimum atomic E-state index is -1.81. The second-order valence-electron chi connectivity index (χ2n) is 26.4. The number of unbranched alkanes of at least 4 members (excludes halogenated alkanes) is 21. The second-order valence-corrected chi connectivity index (χ2v) is 26.4. The van der Waals surface area contributed by atoms with Crippen LogP contribution >= 0.6 is 0 Å². The average Bonchev–Trinajstić information content (AvgIpc) is 0.791. The van der Waals surface area contributed by atoms with E-state index in [4.69, 9.17) is 18.9 Å². The molecule has 0 aromatic heterocycles. The summed E-state index contributed by atoms with van der Waals surface area (Å²) in [6.07, 6.45) is 89.5. The first-order valence-electron chi connectivity index (χ1n) is 39.0. The van der Waals surface area contributed by atoms with E-state index in [0.29, 0.717) is 12.8 Å². The van der Waals surface area contributed by atoms with Crippen LogP contribution in [0.1, 0.15) is 258 Å². The molecule has 0 bridgehead atoms. The summed E-state index contributed by atoms with van der Waals surface area (Å²) in [7, 11) is 0. The van der Waals surface area contributed by atoms with Gasteiger partial charge < -0.3 is 65.1 Å². The van der Waals surface area contributed by atoms with Crippen molar-refractivity contribution in [2.45, 2.75) is 331 Å². The molecule has 0 aromatic carbocycles. The van der Waals surface area contributed by atoms with Gasteiger partial charge in [0.2, 0.25) is 5.91 Å². The van der Waals surface area contributed by atoms with Crippen molar-refractivity contribution in [3.63, 3.8) is 0 Å². The van der Waals surface area contributed by atoms with Crippen LogP contribution in [0.3, 0.4) is 0 Å². The van der Waals surface area contributed by atoms with Crippen molar-refractivity contribution < 1.29 is 64.6 Å². The molecule has 2 fully saturated rings. The average molecular weight is 1400 g/mol. The lowest BCUT2D eigenvalue weighted by Crippen LogP contribution is -2.65. The smallest absolute Gasteiger partial charge is 0.220 e. The van der Waals surface area contributed by atoms with E-state index in [9.17, 15) is 45.6 Å². The zero-order valence-electron chi connectivity index (χ0n) is 61.9. The standard InChI is InChI=1S/C86H139NO13/c1-3-5-7-9-11-13-15-17-19-21-23-25-27-29-30-31-32-33-34-35-36-37-38-39-40-41-42-43-44-46-48-50-52-54-56-58-60-62-64-66-68-70-78(91)87-74(73-97-85-83(96)81(94)84(77(72-89)99-85)100-86-82(95)80(93)79(92)76(71-88)98-86)75(90)69-67-65-63-61-59-57-55-53-51-49-47-45-28-26-24-22-20-18-16-14-12-10-8-6-4-2/h5,7,11,13,17,19,23,25,29-30,32-33,35-36,38-39,41-42,44,46,50-53,56,58-59,61,67,69,74-77,79-86,88-90,92-96H,3-4,6,8-10,12,14-16,18,20-22,24,26-28,31,34,37,40,43,45,47-49,54-55,57,60,62-66,68,70-73H2,1-2H3,(H,87,91)/b7-5-,13-11-,19-17-,25-23-,30-29-,33-32-,36-35-,39-38-,42-41-,46-44-,52-50-,53-51+,58-56-,61-59+,69-67+. The van der Waals surface area contributed by atoms with Gasteiger partial charge in [-0.05, 0) is 135 Å². The van der Waals surface area contributed by atoms with Crippen molar-refractivity contribution in [1.29, 1.82) is 0 Å². The number of amides is 1. The first kappa shape index (κ1) is 91.2. The van der Waals surface area contributed by atoms with Gasteiger partial charge in [-0.15, -0.1) is 0 Å². The molecule has 100 heavy (non-hydrogen) atoms. The quantitative estimate of drug-likeness (QED) is 0.0204. The molecule has 2 aliphatic rings. The fourth-order valence-electron chi connectivity index (χ4n) is 11.4. The molecular weight excluding hydrogens is 1250 g/mol. The Hall–Kier alpha value is -4.91. The van der Waals surface area contributed by atoms with Gasteiger partial charge in [0.25, 0.3) is 0 Å². The molecule has 2 saturated heterocycles. The molecule has 12 unspecified atom stereocenters. The Morgan fingerprint density at radius 2 is 0.700 bits per heavy atom. The first-order chi connectivity index (χ1) is 49.1. The summed E-state index contributed by atoms with van der Waals surface area (Å²) < 4.78 is 22.8. The van der Waals surface area contributed by atoms with Gasteiger partial charge in [-0.1, -0.05) is 299 Å². The number of rotatable bonds is 62. The predicted molar refractivity (Wildman–Crippen MR) is 414 cm³/mol. The minimum Gasteiger partial charge on any atom is -0.394 e. The largest absolute Gasteiger partial charge is 0.394 e. The van der Waals surface area contributed by atoms with Crippen LogP contribution in [-0.2, 0) is 23.7 Å². The lowest BCUT2D eigenvalue weighted by atomic mass is 9.97. The minimum absolute atomic E-state index is 0.228. The number of carbonyl (C=O) groups excluding carboxylic acids is 1. The number of hydrogen-bond acceptors (Lipinski definition) is 13. The van der Waals surface area contributed by atoms with E-state index in [1.54, 1.807) is 6.08 Å². The van der Waals surface area contributed by atoms with E-state index in [0.717, 1.165) is 128 Å². The topological polar surface area (TPSA) is 228 Å². The molecule has 2 aliphatic heterocycles. The van der Waals surface area contributed by atoms with Crippen LogP contribution < -0.4 is 5.32 Å². The van der Waals surface area contributed by atoms with Gasteiger partial charge in [0.05, 0.1) is 32.0 Å². The van der Waals surface area contributed by atoms with E-state index < -0.39 is 86.8 Å². The summed E-state index contributed by atoms with van der Waals surface area (Å²) in [4.78, 5) is 13.4. The van der Waals surface area contributed by atoms with Crippen molar-refractivity contribution in [2.75, 3.05) is 19.8 Å². The van der Waals surface area contributed by atoms with Crippen LogP contribution in [0.4, 0.5) is 0 Å². The number of nitrogens with one attached hydrogen (secondary N) is 1. The summed E-state index contributed by atoms with van der Waals surface area (Å²) in [6.45, 7) is 2.65. The van der Waals surface area contributed by atoms with Crippen LogP contribution in [0.2, 0.25) is 0 Å². The molecule has 1 amide bonds. The fourth-order valence-corrected chi connectivity index (χ4v) is 11.4. The normalized spacial score (nSPS) is 22.9.